The van der Waals surface area contributed by atoms with Crippen molar-refractivity contribution in [3.8, 4) is 5.75 Å². The van der Waals surface area contributed by atoms with Crippen LogP contribution in [0.25, 0.3) is 0 Å². The Morgan fingerprint density at radius 1 is 1.17 bits per heavy atom. The van der Waals surface area contributed by atoms with Gasteiger partial charge in [-0.15, -0.1) is 0 Å². The first-order valence-electron chi connectivity index (χ1n) is 9.25. The fraction of sp³-hybridized carbons (Fsp3) is 0.400. The standard InChI is InChI=1S/C20H20F4N2O3/c21-16-8-13(20(22,23)24)7-6-12(16)10-26-11-15(17(27)9-18(26)28)19(29)25-14-4-2-1-3-5-14/h6-9,11,14,27H,1-5,10H2,(H,25,29). The first-order valence-corrected chi connectivity index (χ1v) is 9.25. The van der Waals surface area contributed by atoms with Crippen molar-refractivity contribution in [1.29, 1.82) is 0 Å². The molecule has 156 valence electrons. The topological polar surface area (TPSA) is 71.3 Å². The van der Waals surface area contributed by atoms with E-state index in [0.717, 1.165) is 61.1 Å². The second kappa shape index (κ2) is 8.26. The molecule has 0 radical (unpaired) electrons. The fourth-order valence-corrected chi connectivity index (χ4v) is 3.41. The summed E-state index contributed by atoms with van der Waals surface area (Å²) in [4.78, 5) is 24.6. The van der Waals surface area contributed by atoms with Crippen LogP contribution >= 0.6 is 0 Å². The quantitative estimate of drug-likeness (QED) is 0.750. The molecule has 0 bridgehead atoms. The normalized spacial score (nSPS) is 15.3. The van der Waals surface area contributed by atoms with Crippen LogP contribution in [0.3, 0.4) is 0 Å². The van der Waals surface area contributed by atoms with Gasteiger partial charge in [-0.25, -0.2) is 4.39 Å². The predicted octanol–water partition coefficient (Wildman–Crippen LogP) is 3.82. The molecule has 9 heteroatoms. The number of alkyl halides is 3. The van der Waals surface area contributed by atoms with Gasteiger partial charge in [0.2, 0.25) is 0 Å². The fourth-order valence-electron chi connectivity index (χ4n) is 3.41. The summed E-state index contributed by atoms with van der Waals surface area (Å²) >= 11 is 0. The SMILES string of the molecule is O=C(NC1CCCCC1)c1cn(Cc2ccc(C(F)(F)F)cc2F)c(=O)cc1O. The average Bonchev–Trinajstić information content (AvgIpc) is 2.65. The Morgan fingerprint density at radius 3 is 2.48 bits per heavy atom. The third-order valence-corrected chi connectivity index (χ3v) is 5.01. The number of aromatic nitrogens is 1. The molecule has 29 heavy (non-hydrogen) atoms. The minimum Gasteiger partial charge on any atom is -0.507 e. The molecule has 5 nitrogen and oxygen atoms in total. The third-order valence-electron chi connectivity index (χ3n) is 5.01. The highest BCUT2D eigenvalue weighted by atomic mass is 19.4. The Hall–Kier alpha value is -2.84. The molecule has 1 aromatic carbocycles. The van der Waals surface area contributed by atoms with Crippen LogP contribution in [0.5, 0.6) is 5.75 Å². The van der Waals surface area contributed by atoms with Crippen molar-refractivity contribution in [2.45, 2.75) is 50.9 Å². The number of aromatic hydroxyl groups is 1. The van der Waals surface area contributed by atoms with E-state index >= 15 is 0 Å². The van der Waals surface area contributed by atoms with Crippen LogP contribution in [-0.2, 0) is 12.7 Å². The molecule has 1 aliphatic rings. The van der Waals surface area contributed by atoms with Crippen LogP contribution in [0, 0.1) is 5.82 Å². The third kappa shape index (κ3) is 4.96. The molecule has 1 fully saturated rings. The lowest BCUT2D eigenvalue weighted by Gasteiger charge is -2.23. The van der Waals surface area contributed by atoms with Crippen LogP contribution in [0.15, 0.2) is 35.3 Å². The van der Waals surface area contributed by atoms with Gasteiger partial charge in [0.05, 0.1) is 17.7 Å². The largest absolute Gasteiger partial charge is 0.507 e. The van der Waals surface area contributed by atoms with Crippen LogP contribution in [0.1, 0.15) is 53.6 Å². The van der Waals surface area contributed by atoms with Crippen molar-refractivity contribution in [3.05, 3.63) is 63.3 Å². The summed E-state index contributed by atoms with van der Waals surface area (Å²) in [6.45, 7) is -0.382. The highest BCUT2D eigenvalue weighted by Gasteiger charge is 2.31. The molecular formula is C20H20F4N2O3. The number of halogens is 4. The van der Waals surface area contributed by atoms with E-state index in [2.05, 4.69) is 5.32 Å². The summed E-state index contributed by atoms with van der Waals surface area (Å²) in [6.07, 6.45) is 1.13. The first-order chi connectivity index (χ1) is 13.6. The summed E-state index contributed by atoms with van der Waals surface area (Å²) in [5.41, 5.74) is -2.15. The number of hydrogen-bond donors (Lipinski definition) is 2. The maximum absolute atomic E-state index is 14.1. The van der Waals surface area contributed by atoms with Crippen molar-refractivity contribution >= 4 is 5.91 Å². The number of nitrogens with zero attached hydrogens (tertiary/aromatic N) is 1. The van der Waals surface area contributed by atoms with Crippen molar-refractivity contribution in [2.75, 3.05) is 0 Å². The molecule has 1 heterocycles. The van der Waals surface area contributed by atoms with Crippen LogP contribution in [-0.4, -0.2) is 21.6 Å². The second-order valence-electron chi connectivity index (χ2n) is 7.15. The molecule has 1 aliphatic carbocycles. The smallest absolute Gasteiger partial charge is 0.416 e. The van der Waals surface area contributed by atoms with Gasteiger partial charge in [0.25, 0.3) is 11.5 Å². The van der Waals surface area contributed by atoms with Gasteiger partial charge in [-0.2, -0.15) is 13.2 Å². The Morgan fingerprint density at radius 2 is 1.86 bits per heavy atom. The molecule has 1 aromatic heterocycles. The lowest BCUT2D eigenvalue weighted by atomic mass is 9.95. The van der Waals surface area contributed by atoms with E-state index in [9.17, 15) is 32.3 Å². The van der Waals surface area contributed by atoms with Crippen molar-refractivity contribution in [1.82, 2.24) is 9.88 Å². The van der Waals surface area contributed by atoms with Gasteiger partial charge >= 0.3 is 6.18 Å². The first kappa shape index (κ1) is 20.9. The molecule has 0 unspecified atom stereocenters. The second-order valence-corrected chi connectivity index (χ2v) is 7.15. The Bertz CT molecular complexity index is 963. The molecule has 0 atom stereocenters. The number of hydrogen-bond acceptors (Lipinski definition) is 3. The van der Waals surface area contributed by atoms with Gasteiger partial charge in [-0.05, 0) is 25.0 Å². The van der Waals surface area contributed by atoms with Gasteiger partial charge in [0.15, 0.2) is 0 Å². The monoisotopic (exact) mass is 412 g/mol. The number of carbonyl (C=O) groups excluding carboxylic acids is 1. The average molecular weight is 412 g/mol. The van der Waals surface area contributed by atoms with Gasteiger partial charge < -0.3 is 15.0 Å². The number of nitrogens with one attached hydrogen (secondary N) is 1. The molecule has 0 saturated heterocycles. The van der Waals surface area contributed by atoms with E-state index in [4.69, 9.17) is 0 Å². The van der Waals surface area contributed by atoms with Gasteiger partial charge in [0.1, 0.15) is 11.6 Å². The molecule has 0 aliphatic heterocycles. The van der Waals surface area contributed by atoms with Crippen molar-refractivity contribution in [3.63, 3.8) is 0 Å². The summed E-state index contributed by atoms with van der Waals surface area (Å²) in [6, 6.07) is 2.83. The summed E-state index contributed by atoms with van der Waals surface area (Å²) in [7, 11) is 0. The molecule has 0 spiro atoms. The maximum atomic E-state index is 14.1. The van der Waals surface area contributed by atoms with Gasteiger partial charge in [0, 0.05) is 23.9 Å². The Labute approximate surface area is 164 Å². The minimum atomic E-state index is -4.68. The molecule has 1 saturated carbocycles. The number of pyridine rings is 1. The lowest BCUT2D eigenvalue weighted by Crippen LogP contribution is -2.37. The predicted molar refractivity (Wildman–Crippen MR) is 97.2 cm³/mol. The van der Waals surface area contributed by atoms with E-state index in [1.807, 2.05) is 0 Å². The van der Waals surface area contributed by atoms with E-state index in [0.29, 0.717) is 6.07 Å². The minimum absolute atomic E-state index is 0.0246. The van der Waals surface area contributed by atoms with Crippen molar-refractivity contribution < 1.29 is 27.5 Å². The van der Waals surface area contributed by atoms with Crippen molar-refractivity contribution in [2.24, 2.45) is 0 Å². The van der Waals surface area contributed by atoms with Gasteiger partial charge in [-0.3, -0.25) is 9.59 Å². The molecule has 3 rings (SSSR count). The maximum Gasteiger partial charge on any atom is 0.416 e. The van der Waals surface area contributed by atoms with Crippen LogP contribution in [0.2, 0.25) is 0 Å². The molecule has 2 N–H and O–H groups in total. The molecule has 2 aromatic rings. The Kier molecular flexibility index (Phi) is 5.95. The molecule has 1 amide bonds. The number of rotatable bonds is 4. The summed E-state index contributed by atoms with van der Waals surface area (Å²) in [5.74, 6) is -2.18. The summed E-state index contributed by atoms with van der Waals surface area (Å²) < 4.78 is 53.1. The zero-order chi connectivity index (χ0) is 21.2. The number of benzene rings is 1. The molecular weight excluding hydrogens is 392 g/mol. The number of amides is 1. The van der Waals surface area contributed by atoms with Gasteiger partial charge in [-0.1, -0.05) is 25.3 Å². The van der Waals surface area contributed by atoms with E-state index in [1.165, 1.54) is 0 Å². The lowest BCUT2D eigenvalue weighted by molar-refractivity contribution is -0.137. The van der Waals surface area contributed by atoms with E-state index < -0.39 is 34.8 Å². The Balaban J connectivity index is 1.84. The number of carbonyl (C=O) groups is 1. The van der Waals surface area contributed by atoms with E-state index in [-0.39, 0.29) is 23.7 Å². The van der Waals surface area contributed by atoms with E-state index in [1.54, 1.807) is 0 Å². The highest BCUT2D eigenvalue weighted by molar-refractivity contribution is 5.96. The highest BCUT2D eigenvalue weighted by Crippen LogP contribution is 2.30. The zero-order valence-corrected chi connectivity index (χ0v) is 15.4. The zero-order valence-electron chi connectivity index (χ0n) is 15.4. The van der Waals surface area contributed by atoms with Crippen LogP contribution in [0.4, 0.5) is 17.6 Å². The van der Waals surface area contributed by atoms with Crippen LogP contribution < -0.4 is 10.9 Å². The summed E-state index contributed by atoms with van der Waals surface area (Å²) in [5, 5.41) is 12.8.